The van der Waals surface area contributed by atoms with E-state index in [1.165, 1.54) is 25.7 Å². The summed E-state index contributed by atoms with van der Waals surface area (Å²) in [5.41, 5.74) is -0.00164. The first-order valence-corrected chi connectivity index (χ1v) is 6.09. The van der Waals surface area contributed by atoms with E-state index in [4.69, 9.17) is 0 Å². The molecule has 2 aliphatic carbocycles. The predicted molar refractivity (Wildman–Crippen MR) is 60.5 cm³/mol. The fourth-order valence-electron chi connectivity index (χ4n) is 2.02. The SMILES string of the molecule is CC(C)(NC(=O)CNCC1CC1)C1CC1. The van der Waals surface area contributed by atoms with Crippen LogP contribution in [0.15, 0.2) is 0 Å². The maximum absolute atomic E-state index is 11.6. The summed E-state index contributed by atoms with van der Waals surface area (Å²) in [5, 5.41) is 6.33. The van der Waals surface area contributed by atoms with Crippen molar-refractivity contribution in [3.63, 3.8) is 0 Å². The maximum Gasteiger partial charge on any atom is 0.234 e. The number of rotatable bonds is 6. The summed E-state index contributed by atoms with van der Waals surface area (Å²) in [7, 11) is 0. The molecule has 0 radical (unpaired) electrons. The van der Waals surface area contributed by atoms with E-state index in [2.05, 4.69) is 24.5 Å². The molecule has 2 saturated carbocycles. The van der Waals surface area contributed by atoms with Crippen molar-refractivity contribution in [1.82, 2.24) is 10.6 Å². The number of hydrogen-bond acceptors (Lipinski definition) is 2. The molecule has 0 aromatic heterocycles. The molecule has 0 unspecified atom stereocenters. The molecule has 2 fully saturated rings. The molecule has 2 rings (SSSR count). The molecule has 0 saturated heterocycles. The van der Waals surface area contributed by atoms with Crippen LogP contribution in [0, 0.1) is 11.8 Å². The van der Waals surface area contributed by atoms with Crippen molar-refractivity contribution < 1.29 is 4.79 Å². The molecule has 3 nitrogen and oxygen atoms in total. The van der Waals surface area contributed by atoms with Crippen molar-refractivity contribution in [1.29, 1.82) is 0 Å². The van der Waals surface area contributed by atoms with Crippen LogP contribution in [0.25, 0.3) is 0 Å². The number of nitrogens with one attached hydrogen (secondary N) is 2. The Balaban J connectivity index is 1.61. The molecule has 2 aliphatic rings. The van der Waals surface area contributed by atoms with Crippen LogP contribution in [0.1, 0.15) is 39.5 Å². The second-order valence-electron chi connectivity index (χ2n) is 5.62. The number of hydrogen-bond donors (Lipinski definition) is 2. The highest BCUT2D eigenvalue weighted by Gasteiger charge is 2.38. The van der Waals surface area contributed by atoms with E-state index >= 15 is 0 Å². The van der Waals surface area contributed by atoms with Crippen LogP contribution >= 0.6 is 0 Å². The Hall–Kier alpha value is -0.570. The number of carbonyl (C=O) groups excluding carboxylic acids is 1. The van der Waals surface area contributed by atoms with Gasteiger partial charge in [0.2, 0.25) is 5.91 Å². The van der Waals surface area contributed by atoms with Gasteiger partial charge in [0.25, 0.3) is 0 Å². The Morgan fingerprint density at radius 1 is 1.27 bits per heavy atom. The molecular formula is C12H22N2O. The van der Waals surface area contributed by atoms with Crippen molar-refractivity contribution >= 4 is 5.91 Å². The molecule has 3 heteroatoms. The maximum atomic E-state index is 11.6. The zero-order valence-electron chi connectivity index (χ0n) is 9.81. The Morgan fingerprint density at radius 3 is 2.47 bits per heavy atom. The predicted octanol–water partition coefficient (Wildman–Crippen LogP) is 1.29. The van der Waals surface area contributed by atoms with Crippen LogP contribution in [0.5, 0.6) is 0 Å². The molecule has 1 amide bonds. The lowest BCUT2D eigenvalue weighted by Crippen LogP contribution is -2.48. The van der Waals surface area contributed by atoms with Crippen molar-refractivity contribution in [2.45, 2.75) is 45.1 Å². The third-order valence-corrected chi connectivity index (χ3v) is 3.48. The van der Waals surface area contributed by atoms with Gasteiger partial charge in [0.05, 0.1) is 6.54 Å². The van der Waals surface area contributed by atoms with Crippen LogP contribution in [-0.4, -0.2) is 24.5 Å². The first-order valence-electron chi connectivity index (χ1n) is 6.09. The van der Waals surface area contributed by atoms with Gasteiger partial charge >= 0.3 is 0 Å². The summed E-state index contributed by atoms with van der Waals surface area (Å²) in [4.78, 5) is 11.6. The quantitative estimate of drug-likeness (QED) is 0.693. The highest BCUT2D eigenvalue weighted by molar-refractivity contribution is 5.78. The molecule has 0 bridgehead atoms. The summed E-state index contributed by atoms with van der Waals surface area (Å²) < 4.78 is 0. The zero-order valence-corrected chi connectivity index (χ0v) is 9.81. The van der Waals surface area contributed by atoms with Gasteiger partial charge in [-0.2, -0.15) is 0 Å². The van der Waals surface area contributed by atoms with Gasteiger partial charge in [-0.3, -0.25) is 4.79 Å². The number of carbonyl (C=O) groups is 1. The summed E-state index contributed by atoms with van der Waals surface area (Å²) in [6, 6.07) is 0. The Kier molecular flexibility index (Phi) is 3.01. The molecule has 0 atom stereocenters. The minimum Gasteiger partial charge on any atom is -0.350 e. The van der Waals surface area contributed by atoms with Gasteiger partial charge < -0.3 is 10.6 Å². The van der Waals surface area contributed by atoms with Crippen LogP contribution in [0.3, 0.4) is 0 Å². The fraction of sp³-hybridized carbons (Fsp3) is 0.917. The van der Waals surface area contributed by atoms with Gasteiger partial charge in [-0.05, 0) is 57.9 Å². The molecule has 86 valence electrons. The third kappa shape index (κ3) is 3.49. The molecular weight excluding hydrogens is 188 g/mol. The van der Waals surface area contributed by atoms with Crippen molar-refractivity contribution in [3.8, 4) is 0 Å². The van der Waals surface area contributed by atoms with Crippen molar-refractivity contribution in [3.05, 3.63) is 0 Å². The van der Waals surface area contributed by atoms with E-state index in [-0.39, 0.29) is 11.4 Å². The topological polar surface area (TPSA) is 41.1 Å². The number of amides is 1. The molecule has 0 aromatic carbocycles. The van der Waals surface area contributed by atoms with E-state index in [1.54, 1.807) is 0 Å². The zero-order chi connectivity index (χ0) is 10.9. The summed E-state index contributed by atoms with van der Waals surface area (Å²) in [6.45, 7) is 5.75. The van der Waals surface area contributed by atoms with E-state index in [0.29, 0.717) is 12.5 Å². The second-order valence-corrected chi connectivity index (χ2v) is 5.62. The average molecular weight is 210 g/mol. The smallest absolute Gasteiger partial charge is 0.234 e. The highest BCUT2D eigenvalue weighted by atomic mass is 16.2. The minimum atomic E-state index is -0.00164. The normalized spacial score (nSPS) is 21.5. The average Bonchev–Trinajstić information content (AvgIpc) is 2.99. The fourth-order valence-corrected chi connectivity index (χ4v) is 2.02. The van der Waals surface area contributed by atoms with Gasteiger partial charge in [-0.15, -0.1) is 0 Å². The lowest BCUT2D eigenvalue weighted by Gasteiger charge is -2.26. The van der Waals surface area contributed by atoms with Gasteiger partial charge in [0.1, 0.15) is 0 Å². The summed E-state index contributed by atoms with van der Waals surface area (Å²) in [5.74, 6) is 1.69. The van der Waals surface area contributed by atoms with Gasteiger partial charge in [0.15, 0.2) is 0 Å². The van der Waals surface area contributed by atoms with E-state index in [0.717, 1.165) is 12.5 Å². The lowest BCUT2D eigenvalue weighted by atomic mass is 9.99. The first kappa shape index (κ1) is 10.9. The first-order chi connectivity index (χ1) is 7.08. The largest absolute Gasteiger partial charge is 0.350 e. The summed E-state index contributed by atoms with van der Waals surface area (Å²) >= 11 is 0. The van der Waals surface area contributed by atoms with Gasteiger partial charge in [-0.1, -0.05) is 0 Å². The van der Waals surface area contributed by atoms with E-state index < -0.39 is 0 Å². The second kappa shape index (κ2) is 4.12. The van der Waals surface area contributed by atoms with Crippen molar-refractivity contribution in [2.24, 2.45) is 11.8 Å². The standard InChI is InChI=1S/C12H22N2O/c1-12(2,10-5-6-10)14-11(15)8-13-7-9-3-4-9/h9-10,13H,3-8H2,1-2H3,(H,14,15). The molecule has 0 heterocycles. The Labute approximate surface area is 92.0 Å². The highest BCUT2D eigenvalue weighted by Crippen LogP contribution is 2.39. The minimum absolute atomic E-state index is 0.00164. The molecule has 2 N–H and O–H groups in total. The molecule has 0 aromatic rings. The van der Waals surface area contributed by atoms with Crippen LogP contribution in [-0.2, 0) is 4.79 Å². The van der Waals surface area contributed by atoms with Crippen LogP contribution in [0.4, 0.5) is 0 Å². The Morgan fingerprint density at radius 2 is 1.93 bits per heavy atom. The monoisotopic (exact) mass is 210 g/mol. The lowest BCUT2D eigenvalue weighted by molar-refractivity contribution is -0.122. The summed E-state index contributed by atoms with van der Waals surface area (Å²) in [6.07, 6.45) is 5.20. The van der Waals surface area contributed by atoms with Crippen LogP contribution < -0.4 is 10.6 Å². The van der Waals surface area contributed by atoms with Crippen LogP contribution in [0.2, 0.25) is 0 Å². The third-order valence-electron chi connectivity index (χ3n) is 3.48. The molecule has 0 spiro atoms. The van der Waals surface area contributed by atoms with Gasteiger partial charge in [-0.25, -0.2) is 0 Å². The molecule has 15 heavy (non-hydrogen) atoms. The van der Waals surface area contributed by atoms with Gasteiger partial charge in [0, 0.05) is 5.54 Å². The Bertz CT molecular complexity index is 242. The van der Waals surface area contributed by atoms with E-state index in [1.807, 2.05) is 0 Å². The van der Waals surface area contributed by atoms with Crippen molar-refractivity contribution in [2.75, 3.05) is 13.1 Å². The van der Waals surface area contributed by atoms with E-state index in [9.17, 15) is 4.79 Å². The molecule has 0 aliphatic heterocycles.